The van der Waals surface area contributed by atoms with Crippen molar-refractivity contribution in [2.45, 2.75) is 19.4 Å². The van der Waals surface area contributed by atoms with Gasteiger partial charge in [-0.15, -0.1) is 0 Å². The first-order valence-corrected chi connectivity index (χ1v) is 8.74. The number of benzene rings is 1. The fourth-order valence-corrected chi connectivity index (χ4v) is 3.47. The smallest absolute Gasteiger partial charge is 0.156 e. The van der Waals surface area contributed by atoms with Crippen LogP contribution in [-0.4, -0.2) is 40.9 Å². The molecule has 1 aliphatic heterocycles. The highest BCUT2D eigenvalue weighted by atomic mass is 35.5. The lowest BCUT2D eigenvalue weighted by Crippen LogP contribution is -2.37. The molecule has 1 aliphatic rings. The highest BCUT2D eigenvalue weighted by Crippen LogP contribution is 2.32. The van der Waals surface area contributed by atoms with Crippen LogP contribution in [0.3, 0.4) is 0 Å². The van der Waals surface area contributed by atoms with Crippen LogP contribution >= 0.6 is 23.2 Å². The van der Waals surface area contributed by atoms with Crippen LogP contribution in [0.15, 0.2) is 36.7 Å². The lowest BCUT2D eigenvalue weighted by Gasteiger charge is -2.31. The van der Waals surface area contributed by atoms with Gasteiger partial charge in [-0.1, -0.05) is 29.3 Å². The number of ether oxygens (including phenoxy) is 1. The minimum atomic E-state index is 0.565. The molecule has 0 saturated carbocycles. The summed E-state index contributed by atoms with van der Waals surface area (Å²) in [6.07, 6.45) is 6.28. The summed E-state index contributed by atoms with van der Waals surface area (Å²) in [6.45, 7) is 4.73. The van der Waals surface area contributed by atoms with E-state index in [-0.39, 0.29) is 0 Å². The van der Waals surface area contributed by atoms with Gasteiger partial charge in [0.25, 0.3) is 0 Å². The molecule has 0 spiro atoms. The van der Waals surface area contributed by atoms with E-state index >= 15 is 0 Å². The van der Waals surface area contributed by atoms with E-state index in [1.165, 1.54) is 12.8 Å². The Kier molecular flexibility index (Phi) is 5.81. The largest absolute Gasteiger partial charge is 0.489 e. The maximum Gasteiger partial charge on any atom is 0.156 e. The number of nitrogens with zero attached hydrogens (tertiary/aromatic N) is 3. The number of para-hydroxylation sites is 1. The summed E-state index contributed by atoms with van der Waals surface area (Å²) in [6, 6.07) is 7.39. The van der Waals surface area contributed by atoms with Crippen molar-refractivity contribution in [3.05, 3.63) is 46.7 Å². The van der Waals surface area contributed by atoms with Crippen molar-refractivity contribution < 1.29 is 4.74 Å². The number of hydrogen-bond donors (Lipinski definition) is 0. The van der Waals surface area contributed by atoms with Crippen LogP contribution in [0.25, 0.3) is 0 Å². The summed E-state index contributed by atoms with van der Waals surface area (Å²) in [5.41, 5.74) is 0. The topological polar surface area (TPSA) is 30.3 Å². The van der Waals surface area contributed by atoms with E-state index in [0.717, 1.165) is 26.2 Å². The van der Waals surface area contributed by atoms with Crippen LogP contribution < -0.4 is 4.74 Å². The third-order valence-electron chi connectivity index (χ3n) is 4.28. The zero-order valence-corrected chi connectivity index (χ0v) is 14.5. The van der Waals surface area contributed by atoms with E-state index in [4.69, 9.17) is 27.9 Å². The maximum absolute atomic E-state index is 6.11. The summed E-state index contributed by atoms with van der Waals surface area (Å²) >= 11 is 12.2. The van der Waals surface area contributed by atoms with Gasteiger partial charge in [-0.25, -0.2) is 0 Å². The molecule has 0 radical (unpaired) electrons. The van der Waals surface area contributed by atoms with Gasteiger partial charge >= 0.3 is 0 Å². The quantitative estimate of drug-likeness (QED) is 0.786. The number of halogens is 2. The van der Waals surface area contributed by atoms with E-state index in [1.807, 2.05) is 29.2 Å². The Bertz CT molecular complexity index is 590. The monoisotopic (exact) mass is 353 g/mol. The van der Waals surface area contributed by atoms with Crippen LogP contribution in [0.1, 0.15) is 12.8 Å². The molecule has 2 heterocycles. The zero-order chi connectivity index (χ0) is 16.1. The average Bonchev–Trinajstić information content (AvgIpc) is 3.05. The highest BCUT2D eigenvalue weighted by molar-refractivity contribution is 6.37. The van der Waals surface area contributed by atoms with Crippen molar-refractivity contribution >= 4 is 23.2 Å². The van der Waals surface area contributed by atoms with Gasteiger partial charge in [0, 0.05) is 25.5 Å². The third-order valence-corrected chi connectivity index (χ3v) is 4.88. The van der Waals surface area contributed by atoms with Crippen LogP contribution in [0.2, 0.25) is 10.0 Å². The summed E-state index contributed by atoms with van der Waals surface area (Å²) in [7, 11) is 0. The van der Waals surface area contributed by atoms with Gasteiger partial charge in [0.2, 0.25) is 0 Å². The molecule has 23 heavy (non-hydrogen) atoms. The van der Waals surface area contributed by atoms with E-state index in [2.05, 4.69) is 10.00 Å². The summed E-state index contributed by atoms with van der Waals surface area (Å²) in [5.74, 6) is 1.30. The molecule has 3 rings (SSSR count). The van der Waals surface area contributed by atoms with E-state index in [9.17, 15) is 0 Å². The van der Waals surface area contributed by atoms with Crippen molar-refractivity contribution in [2.24, 2.45) is 5.92 Å². The van der Waals surface area contributed by atoms with E-state index in [1.54, 1.807) is 12.1 Å². The Morgan fingerprint density at radius 1 is 1.13 bits per heavy atom. The zero-order valence-electron chi connectivity index (χ0n) is 13.0. The number of likely N-dealkylation sites (tertiary alicyclic amines) is 1. The Labute approximate surface area is 146 Å². The Hall–Kier alpha value is -1.23. The van der Waals surface area contributed by atoms with Gasteiger partial charge < -0.3 is 4.74 Å². The van der Waals surface area contributed by atoms with Crippen molar-refractivity contribution in [2.75, 3.05) is 26.2 Å². The summed E-state index contributed by atoms with van der Waals surface area (Å²) < 4.78 is 7.79. The van der Waals surface area contributed by atoms with Crippen LogP contribution in [0.4, 0.5) is 0 Å². The van der Waals surface area contributed by atoms with Crippen molar-refractivity contribution in [3.8, 4) is 5.75 Å². The van der Waals surface area contributed by atoms with Gasteiger partial charge in [-0.05, 0) is 50.0 Å². The first-order chi connectivity index (χ1) is 11.2. The van der Waals surface area contributed by atoms with Gasteiger partial charge in [0.05, 0.1) is 10.0 Å². The Morgan fingerprint density at radius 2 is 1.87 bits per heavy atom. The Balaban J connectivity index is 1.39. The van der Waals surface area contributed by atoms with Crippen molar-refractivity contribution in [1.29, 1.82) is 0 Å². The lowest BCUT2D eigenvalue weighted by molar-refractivity contribution is 0.146. The fraction of sp³-hybridized carbons (Fsp3) is 0.471. The molecule has 0 aliphatic carbocycles. The standard InChI is InChI=1S/C17H21Cl2N3O/c18-15-3-1-4-16(19)17(15)23-12-11-21-9-5-14(6-10-21)13-22-8-2-7-20-22/h1-4,7-8,14H,5-6,9-13H2. The maximum atomic E-state index is 6.11. The lowest BCUT2D eigenvalue weighted by atomic mass is 9.97. The van der Waals surface area contributed by atoms with Crippen LogP contribution in [0.5, 0.6) is 5.75 Å². The Morgan fingerprint density at radius 3 is 2.52 bits per heavy atom. The summed E-state index contributed by atoms with van der Waals surface area (Å²) in [5, 5.41) is 5.42. The first-order valence-electron chi connectivity index (χ1n) is 7.99. The average molecular weight is 354 g/mol. The molecular formula is C17H21Cl2N3O. The van der Waals surface area contributed by atoms with Crippen molar-refractivity contribution in [3.63, 3.8) is 0 Å². The second-order valence-electron chi connectivity index (χ2n) is 5.91. The molecule has 0 amide bonds. The number of rotatable bonds is 6. The molecule has 1 aromatic heterocycles. The number of piperidine rings is 1. The predicted molar refractivity (Wildman–Crippen MR) is 93.3 cm³/mol. The molecule has 1 saturated heterocycles. The minimum absolute atomic E-state index is 0.565. The van der Waals surface area contributed by atoms with Gasteiger partial charge in [-0.2, -0.15) is 5.10 Å². The molecule has 6 heteroatoms. The molecule has 4 nitrogen and oxygen atoms in total. The normalized spacial score (nSPS) is 16.6. The van der Waals surface area contributed by atoms with Gasteiger partial charge in [-0.3, -0.25) is 9.58 Å². The van der Waals surface area contributed by atoms with E-state index < -0.39 is 0 Å². The SMILES string of the molecule is Clc1cccc(Cl)c1OCCN1CCC(Cn2cccn2)CC1. The van der Waals surface area contributed by atoms with Crippen LogP contribution in [0, 0.1) is 5.92 Å². The molecule has 0 N–H and O–H groups in total. The first kappa shape index (κ1) is 16.6. The highest BCUT2D eigenvalue weighted by Gasteiger charge is 2.19. The summed E-state index contributed by atoms with van der Waals surface area (Å²) in [4.78, 5) is 2.43. The minimum Gasteiger partial charge on any atom is -0.489 e. The second kappa shape index (κ2) is 8.04. The molecule has 2 aromatic rings. The fourth-order valence-electron chi connectivity index (χ4n) is 2.96. The molecule has 1 aromatic carbocycles. The molecule has 0 unspecified atom stereocenters. The molecular weight excluding hydrogens is 333 g/mol. The van der Waals surface area contributed by atoms with Gasteiger partial charge in [0.15, 0.2) is 5.75 Å². The van der Waals surface area contributed by atoms with Gasteiger partial charge in [0.1, 0.15) is 6.61 Å². The third kappa shape index (κ3) is 4.63. The molecule has 1 fully saturated rings. The predicted octanol–water partition coefficient (Wildman–Crippen LogP) is 3.98. The molecule has 0 atom stereocenters. The van der Waals surface area contributed by atoms with Crippen LogP contribution in [-0.2, 0) is 6.54 Å². The van der Waals surface area contributed by atoms with Crippen molar-refractivity contribution in [1.82, 2.24) is 14.7 Å². The van der Waals surface area contributed by atoms with E-state index in [0.29, 0.717) is 28.3 Å². The molecule has 124 valence electrons. The second-order valence-corrected chi connectivity index (χ2v) is 6.73. The number of aromatic nitrogens is 2. The molecule has 0 bridgehead atoms. The number of hydrogen-bond acceptors (Lipinski definition) is 3.